The second kappa shape index (κ2) is 8.90. The molecular weight excluding hydrogens is 382 g/mol. The molecule has 7 heteroatoms. The summed E-state index contributed by atoms with van der Waals surface area (Å²) in [4.78, 5) is 27.5. The molecule has 0 fully saturated rings. The predicted molar refractivity (Wildman–Crippen MR) is 116 cm³/mol. The Hall–Kier alpha value is -3.48. The van der Waals surface area contributed by atoms with Gasteiger partial charge >= 0.3 is 12.0 Å². The van der Waals surface area contributed by atoms with Gasteiger partial charge in [0, 0.05) is 19.8 Å². The van der Waals surface area contributed by atoms with Gasteiger partial charge in [0.05, 0.1) is 30.5 Å². The largest absolute Gasteiger partial charge is 0.497 e. The van der Waals surface area contributed by atoms with Gasteiger partial charge in [-0.05, 0) is 61.4 Å². The molecule has 30 heavy (non-hydrogen) atoms. The monoisotopic (exact) mass is 409 g/mol. The Balaban J connectivity index is 2.12. The minimum Gasteiger partial charge on any atom is -0.497 e. The van der Waals surface area contributed by atoms with Crippen molar-refractivity contribution in [1.29, 1.82) is 0 Å². The van der Waals surface area contributed by atoms with Gasteiger partial charge in [-0.2, -0.15) is 0 Å². The molecule has 2 N–H and O–H groups in total. The molecule has 2 aromatic carbocycles. The van der Waals surface area contributed by atoms with Gasteiger partial charge in [0.25, 0.3) is 0 Å². The Morgan fingerprint density at radius 2 is 1.67 bits per heavy atom. The highest BCUT2D eigenvalue weighted by Crippen LogP contribution is 2.33. The van der Waals surface area contributed by atoms with E-state index in [4.69, 9.17) is 9.47 Å². The van der Waals surface area contributed by atoms with Crippen LogP contribution in [0.5, 0.6) is 5.75 Å². The molecule has 0 spiro atoms. The highest BCUT2D eigenvalue weighted by molar-refractivity contribution is 6.04. The Labute approximate surface area is 176 Å². The highest BCUT2D eigenvalue weighted by atomic mass is 16.5. The summed E-state index contributed by atoms with van der Waals surface area (Å²) < 4.78 is 10.7. The fourth-order valence-electron chi connectivity index (χ4n) is 3.26. The molecule has 2 amide bonds. The summed E-state index contributed by atoms with van der Waals surface area (Å²) in [5, 5.41) is 5.64. The van der Waals surface area contributed by atoms with E-state index in [0.29, 0.717) is 22.6 Å². The second-order valence-electron chi connectivity index (χ2n) is 7.49. The summed E-state index contributed by atoms with van der Waals surface area (Å²) >= 11 is 0. The van der Waals surface area contributed by atoms with E-state index >= 15 is 0 Å². The number of rotatable bonds is 6. The maximum absolute atomic E-state index is 13.1. The number of benzene rings is 2. The van der Waals surface area contributed by atoms with Crippen LogP contribution in [0.2, 0.25) is 0 Å². The van der Waals surface area contributed by atoms with Gasteiger partial charge in [0.15, 0.2) is 0 Å². The molecule has 0 bridgehead atoms. The average molecular weight is 409 g/mol. The summed E-state index contributed by atoms with van der Waals surface area (Å²) in [5.41, 5.74) is 3.28. The van der Waals surface area contributed by atoms with Gasteiger partial charge in [-0.15, -0.1) is 0 Å². The molecule has 1 unspecified atom stereocenters. The van der Waals surface area contributed by atoms with Crippen molar-refractivity contribution < 1.29 is 19.1 Å². The predicted octanol–water partition coefficient (Wildman–Crippen LogP) is 3.48. The number of ether oxygens (including phenoxy) is 2. The lowest BCUT2D eigenvalue weighted by atomic mass is 9.92. The van der Waals surface area contributed by atoms with Crippen molar-refractivity contribution in [2.75, 3.05) is 26.1 Å². The van der Waals surface area contributed by atoms with Gasteiger partial charge in [-0.3, -0.25) is 0 Å². The number of carbonyl (C=O) groups is 2. The first kappa shape index (κ1) is 21.2. The second-order valence-corrected chi connectivity index (χ2v) is 7.49. The highest BCUT2D eigenvalue weighted by Gasteiger charge is 2.34. The fourth-order valence-corrected chi connectivity index (χ4v) is 3.26. The van der Waals surface area contributed by atoms with Gasteiger partial charge < -0.3 is 25.0 Å². The van der Waals surface area contributed by atoms with E-state index in [1.54, 1.807) is 45.2 Å². The Morgan fingerprint density at radius 3 is 2.20 bits per heavy atom. The standard InChI is InChI=1S/C23H27N3O4/c1-14(2)30-22(27)19-20(15-6-10-17(11-7-15)26(3)4)24-23(28)25-21(19)16-8-12-18(29-5)13-9-16/h6-14,20H,1-5H3,(H2,24,25,28). The van der Waals surface area contributed by atoms with E-state index in [1.165, 1.54) is 0 Å². The van der Waals surface area contributed by atoms with E-state index in [2.05, 4.69) is 10.6 Å². The Bertz CT molecular complexity index is 947. The van der Waals surface area contributed by atoms with E-state index in [-0.39, 0.29) is 12.1 Å². The number of nitrogens with one attached hydrogen (secondary N) is 2. The lowest BCUT2D eigenvalue weighted by molar-refractivity contribution is -0.143. The van der Waals surface area contributed by atoms with Crippen LogP contribution < -0.4 is 20.3 Å². The van der Waals surface area contributed by atoms with Crippen LogP contribution >= 0.6 is 0 Å². The number of esters is 1. The van der Waals surface area contributed by atoms with E-state index < -0.39 is 12.0 Å². The molecule has 0 aromatic heterocycles. The Kier molecular flexibility index (Phi) is 6.30. The van der Waals surface area contributed by atoms with Gasteiger partial charge in [-0.25, -0.2) is 9.59 Å². The number of urea groups is 1. The summed E-state index contributed by atoms with van der Waals surface area (Å²) in [7, 11) is 5.49. The summed E-state index contributed by atoms with van der Waals surface area (Å²) in [6, 6.07) is 13.8. The van der Waals surface area contributed by atoms with E-state index in [1.807, 2.05) is 43.3 Å². The van der Waals surface area contributed by atoms with Gasteiger partial charge in [-0.1, -0.05) is 12.1 Å². The molecular formula is C23H27N3O4. The average Bonchev–Trinajstić information content (AvgIpc) is 2.72. The number of nitrogens with zero attached hydrogens (tertiary/aromatic N) is 1. The zero-order chi connectivity index (χ0) is 21.8. The quantitative estimate of drug-likeness (QED) is 0.714. The maximum Gasteiger partial charge on any atom is 0.338 e. The van der Waals surface area contributed by atoms with Crippen molar-refractivity contribution in [2.45, 2.75) is 26.0 Å². The van der Waals surface area contributed by atoms with Crippen molar-refractivity contribution in [3.05, 3.63) is 65.2 Å². The molecule has 3 rings (SSSR count). The van der Waals surface area contributed by atoms with Crippen molar-refractivity contribution in [2.24, 2.45) is 0 Å². The third-order valence-electron chi connectivity index (χ3n) is 4.76. The van der Waals surface area contributed by atoms with Crippen LogP contribution in [0.15, 0.2) is 54.1 Å². The van der Waals surface area contributed by atoms with Crippen LogP contribution in [0.1, 0.15) is 31.0 Å². The van der Waals surface area contributed by atoms with Crippen LogP contribution in [-0.2, 0) is 9.53 Å². The van der Waals surface area contributed by atoms with Crippen LogP contribution in [0.4, 0.5) is 10.5 Å². The molecule has 7 nitrogen and oxygen atoms in total. The zero-order valence-electron chi connectivity index (χ0n) is 17.9. The molecule has 1 aliphatic heterocycles. The number of anilines is 1. The van der Waals surface area contributed by atoms with Crippen molar-refractivity contribution in [1.82, 2.24) is 10.6 Å². The van der Waals surface area contributed by atoms with Crippen molar-refractivity contribution in [3.63, 3.8) is 0 Å². The minimum absolute atomic E-state index is 0.295. The molecule has 158 valence electrons. The van der Waals surface area contributed by atoms with E-state index in [0.717, 1.165) is 11.3 Å². The van der Waals surface area contributed by atoms with Crippen molar-refractivity contribution >= 4 is 23.4 Å². The van der Waals surface area contributed by atoms with Crippen molar-refractivity contribution in [3.8, 4) is 5.75 Å². The topological polar surface area (TPSA) is 79.9 Å². The first-order valence-corrected chi connectivity index (χ1v) is 9.74. The van der Waals surface area contributed by atoms with Crippen LogP contribution in [0.25, 0.3) is 5.70 Å². The number of methoxy groups -OCH3 is 1. The maximum atomic E-state index is 13.1. The molecule has 1 atom stereocenters. The van der Waals surface area contributed by atoms with Gasteiger partial charge in [0.2, 0.25) is 0 Å². The zero-order valence-corrected chi connectivity index (χ0v) is 17.9. The lowest BCUT2D eigenvalue weighted by Crippen LogP contribution is -2.45. The summed E-state index contributed by atoms with van der Waals surface area (Å²) in [5.74, 6) is 0.201. The minimum atomic E-state index is -0.640. The molecule has 0 saturated carbocycles. The van der Waals surface area contributed by atoms with Gasteiger partial charge in [0.1, 0.15) is 5.75 Å². The number of amides is 2. The molecule has 0 aliphatic carbocycles. The molecule has 0 radical (unpaired) electrons. The number of carbonyl (C=O) groups excluding carboxylic acids is 2. The third-order valence-corrected chi connectivity index (χ3v) is 4.76. The third kappa shape index (κ3) is 4.56. The van der Waals surface area contributed by atoms with Crippen LogP contribution in [-0.4, -0.2) is 39.3 Å². The molecule has 0 saturated heterocycles. The molecule has 1 aliphatic rings. The van der Waals surface area contributed by atoms with Crippen LogP contribution in [0, 0.1) is 0 Å². The lowest BCUT2D eigenvalue weighted by Gasteiger charge is -2.30. The first-order valence-electron chi connectivity index (χ1n) is 9.74. The normalized spacial score (nSPS) is 16.1. The number of hydrogen-bond donors (Lipinski definition) is 2. The Morgan fingerprint density at radius 1 is 1.03 bits per heavy atom. The van der Waals surface area contributed by atoms with E-state index in [9.17, 15) is 9.59 Å². The smallest absolute Gasteiger partial charge is 0.338 e. The SMILES string of the molecule is COc1ccc(C2=C(C(=O)OC(C)C)C(c3ccc(N(C)C)cc3)NC(=O)N2)cc1. The van der Waals surface area contributed by atoms with Crippen LogP contribution in [0.3, 0.4) is 0 Å². The molecule has 1 heterocycles. The first-order chi connectivity index (χ1) is 14.3. The number of hydrogen-bond acceptors (Lipinski definition) is 5. The summed E-state index contributed by atoms with van der Waals surface area (Å²) in [6.07, 6.45) is -0.295. The molecule has 2 aromatic rings. The summed E-state index contributed by atoms with van der Waals surface area (Å²) in [6.45, 7) is 3.59. The fraction of sp³-hybridized carbons (Fsp3) is 0.304.